The molecule has 110 valence electrons. The van der Waals surface area contributed by atoms with E-state index in [0.29, 0.717) is 12.1 Å². The maximum atomic E-state index is 13.7. The third-order valence-electron chi connectivity index (χ3n) is 2.21. The second-order valence-electron chi connectivity index (χ2n) is 3.72. The highest BCUT2D eigenvalue weighted by atomic mass is 32.2. The summed E-state index contributed by atoms with van der Waals surface area (Å²) in [5.74, 6) is -3.23. The van der Waals surface area contributed by atoms with Gasteiger partial charge < -0.3 is 10.5 Å². The quantitative estimate of drug-likeness (QED) is 0.558. The van der Waals surface area contributed by atoms with Gasteiger partial charge in [-0.2, -0.15) is 0 Å². The summed E-state index contributed by atoms with van der Waals surface area (Å²) in [7, 11) is -4.50. The van der Waals surface area contributed by atoms with Gasteiger partial charge in [0.15, 0.2) is 17.7 Å². The number of primary sulfonamides is 1. The van der Waals surface area contributed by atoms with E-state index in [-0.39, 0.29) is 0 Å². The Morgan fingerprint density at radius 3 is 2.45 bits per heavy atom. The Hall–Kier alpha value is -2.27. The number of hydrogen-bond donors (Lipinski definition) is 2. The van der Waals surface area contributed by atoms with Crippen molar-refractivity contribution in [1.29, 1.82) is 0 Å². The molecular weight excluding hydrogens is 297 g/mol. The van der Waals surface area contributed by atoms with Gasteiger partial charge in [0.05, 0.1) is 11.0 Å². The summed E-state index contributed by atoms with van der Waals surface area (Å²) in [6.07, 6.45) is -1.36. The van der Waals surface area contributed by atoms with Crippen LogP contribution in [0.5, 0.6) is 5.75 Å². The van der Waals surface area contributed by atoms with Crippen molar-refractivity contribution in [1.82, 2.24) is 0 Å². The Morgan fingerprint density at radius 2 is 2.05 bits per heavy atom. The Labute approximate surface area is 112 Å². The van der Waals surface area contributed by atoms with Gasteiger partial charge in [-0.25, -0.2) is 17.9 Å². The molecule has 0 radical (unpaired) electrons. The summed E-state index contributed by atoms with van der Waals surface area (Å²) in [4.78, 5) is 19.5. The highest BCUT2D eigenvalue weighted by Crippen LogP contribution is 2.31. The lowest BCUT2D eigenvalue weighted by Gasteiger charge is -2.14. The van der Waals surface area contributed by atoms with E-state index in [1.165, 1.54) is 0 Å². The molecule has 0 fully saturated rings. The summed E-state index contributed by atoms with van der Waals surface area (Å²) < 4.78 is 41.1. The number of ether oxygens (including phenoxy) is 1. The van der Waals surface area contributed by atoms with Crippen molar-refractivity contribution >= 4 is 21.6 Å². The standard InChI is InChI=1S/C9H10FN3O6S/c1-4(9(11)14)19-8-6(10)2-5(13(15)16)3-7(8)20(12,17)18/h2-4H,1H3,(H2,11,14)(H2,12,17,18). The normalized spacial score (nSPS) is 12.8. The van der Waals surface area contributed by atoms with Gasteiger partial charge in [0.25, 0.3) is 11.6 Å². The SMILES string of the molecule is CC(Oc1c(F)cc([N+](=O)[O-])cc1S(N)(=O)=O)C(N)=O. The average molecular weight is 307 g/mol. The third-order valence-corrected chi connectivity index (χ3v) is 3.12. The van der Waals surface area contributed by atoms with Crippen LogP contribution in [0.25, 0.3) is 0 Å². The summed E-state index contributed by atoms with van der Waals surface area (Å²) in [6.45, 7) is 1.15. The molecule has 4 N–H and O–H groups in total. The van der Waals surface area contributed by atoms with E-state index in [0.717, 1.165) is 6.92 Å². The minimum Gasteiger partial charge on any atom is -0.476 e. The summed E-state index contributed by atoms with van der Waals surface area (Å²) in [6, 6.07) is 0.971. The molecule has 0 aliphatic rings. The van der Waals surface area contributed by atoms with E-state index in [1.807, 2.05) is 0 Å². The van der Waals surface area contributed by atoms with Crippen molar-refractivity contribution in [2.24, 2.45) is 10.9 Å². The Morgan fingerprint density at radius 1 is 1.50 bits per heavy atom. The van der Waals surface area contributed by atoms with Crippen LogP contribution < -0.4 is 15.6 Å². The molecule has 9 nitrogen and oxygen atoms in total. The van der Waals surface area contributed by atoms with Crippen LogP contribution in [0.3, 0.4) is 0 Å². The number of nitrogens with zero attached hydrogens (tertiary/aromatic N) is 1. The zero-order valence-electron chi connectivity index (χ0n) is 10.1. The number of nitro benzene ring substituents is 1. The molecular formula is C9H10FN3O6S. The molecule has 0 heterocycles. The van der Waals surface area contributed by atoms with Gasteiger partial charge in [0, 0.05) is 6.07 Å². The molecule has 1 rings (SSSR count). The molecule has 0 bridgehead atoms. The monoisotopic (exact) mass is 307 g/mol. The van der Waals surface area contributed by atoms with Gasteiger partial charge in [-0.15, -0.1) is 0 Å². The van der Waals surface area contributed by atoms with Crippen molar-refractivity contribution < 1.29 is 27.3 Å². The number of benzene rings is 1. The molecule has 0 aliphatic heterocycles. The number of nitrogens with two attached hydrogens (primary N) is 2. The van der Waals surface area contributed by atoms with E-state index in [9.17, 15) is 27.7 Å². The molecule has 0 aromatic heterocycles. The summed E-state index contributed by atoms with van der Waals surface area (Å²) >= 11 is 0. The fraction of sp³-hybridized carbons (Fsp3) is 0.222. The number of amides is 1. The zero-order valence-corrected chi connectivity index (χ0v) is 10.9. The molecule has 1 aromatic carbocycles. The lowest BCUT2D eigenvalue weighted by molar-refractivity contribution is -0.385. The number of primary amides is 1. The van der Waals surface area contributed by atoms with Gasteiger partial charge in [0.1, 0.15) is 4.90 Å². The van der Waals surface area contributed by atoms with E-state index in [2.05, 4.69) is 0 Å². The van der Waals surface area contributed by atoms with Crippen LogP contribution in [-0.2, 0) is 14.8 Å². The van der Waals surface area contributed by atoms with Crippen molar-refractivity contribution in [2.45, 2.75) is 17.9 Å². The Balaban J connectivity index is 3.50. The number of hydrogen-bond acceptors (Lipinski definition) is 6. The fourth-order valence-electron chi connectivity index (χ4n) is 1.22. The van der Waals surface area contributed by atoms with Gasteiger partial charge in [0.2, 0.25) is 10.0 Å². The fourth-order valence-corrected chi connectivity index (χ4v) is 1.91. The molecule has 1 amide bonds. The zero-order chi connectivity index (χ0) is 15.7. The number of nitro groups is 1. The molecule has 0 aliphatic carbocycles. The van der Waals surface area contributed by atoms with Crippen LogP contribution in [0.1, 0.15) is 6.92 Å². The number of carbonyl (C=O) groups is 1. The third kappa shape index (κ3) is 3.39. The van der Waals surface area contributed by atoms with E-state index in [4.69, 9.17) is 15.6 Å². The lowest BCUT2D eigenvalue weighted by Crippen LogP contribution is -2.31. The molecule has 0 saturated carbocycles. The van der Waals surface area contributed by atoms with Crippen LogP contribution in [-0.4, -0.2) is 25.4 Å². The van der Waals surface area contributed by atoms with E-state index < -0.39 is 49.1 Å². The van der Waals surface area contributed by atoms with Crippen molar-refractivity contribution in [3.63, 3.8) is 0 Å². The Kier molecular flexibility index (Phi) is 4.25. The molecule has 0 spiro atoms. The molecule has 0 saturated heterocycles. The smallest absolute Gasteiger partial charge is 0.274 e. The molecule has 20 heavy (non-hydrogen) atoms. The van der Waals surface area contributed by atoms with Crippen molar-refractivity contribution in [3.05, 3.63) is 28.1 Å². The second-order valence-corrected chi connectivity index (χ2v) is 5.25. The van der Waals surface area contributed by atoms with Gasteiger partial charge in [-0.1, -0.05) is 0 Å². The average Bonchev–Trinajstić information content (AvgIpc) is 2.29. The topological polar surface area (TPSA) is 156 Å². The van der Waals surface area contributed by atoms with Crippen molar-refractivity contribution in [3.8, 4) is 5.75 Å². The number of non-ortho nitro benzene ring substituents is 1. The predicted octanol–water partition coefficient (Wildman–Crippen LogP) is -0.366. The molecule has 11 heteroatoms. The molecule has 1 atom stereocenters. The number of sulfonamides is 1. The van der Waals surface area contributed by atoms with Crippen LogP contribution in [0, 0.1) is 15.9 Å². The van der Waals surface area contributed by atoms with Crippen LogP contribution >= 0.6 is 0 Å². The Bertz CT molecular complexity index is 675. The van der Waals surface area contributed by atoms with Crippen LogP contribution in [0.15, 0.2) is 17.0 Å². The first kappa shape index (κ1) is 15.8. The van der Waals surface area contributed by atoms with E-state index in [1.54, 1.807) is 0 Å². The minimum atomic E-state index is -4.50. The molecule has 1 unspecified atom stereocenters. The number of rotatable bonds is 5. The molecule has 1 aromatic rings. The van der Waals surface area contributed by atoms with Gasteiger partial charge in [-0.3, -0.25) is 14.9 Å². The lowest BCUT2D eigenvalue weighted by atomic mass is 10.3. The van der Waals surface area contributed by atoms with E-state index >= 15 is 0 Å². The second kappa shape index (κ2) is 5.38. The largest absolute Gasteiger partial charge is 0.476 e. The van der Waals surface area contributed by atoms with Gasteiger partial charge >= 0.3 is 0 Å². The minimum absolute atomic E-state index is 0.442. The van der Waals surface area contributed by atoms with Crippen LogP contribution in [0.2, 0.25) is 0 Å². The summed E-state index contributed by atoms with van der Waals surface area (Å²) in [5, 5.41) is 15.4. The highest BCUT2D eigenvalue weighted by molar-refractivity contribution is 7.89. The maximum Gasteiger partial charge on any atom is 0.274 e. The maximum absolute atomic E-state index is 13.7. The number of carbonyl (C=O) groups excluding carboxylic acids is 1. The highest BCUT2D eigenvalue weighted by Gasteiger charge is 2.27. The van der Waals surface area contributed by atoms with Crippen LogP contribution in [0.4, 0.5) is 10.1 Å². The van der Waals surface area contributed by atoms with Crippen molar-refractivity contribution in [2.75, 3.05) is 0 Å². The first-order valence-electron chi connectivity index (χ1n) is 5.00. The number of halogens is 1. The summed E-state index contributed by atoms with van der Waals surface area (Å²) in [5.41, 5.74) is 4.07. The first-order chi connectivity index (χ1) is 9.04. The predicted molar refractivity (Wildman–Crippen MR) is 63.7 cm³/mol. The van der Waals surface area contributed by atoms with Gasteiger partial charge in [-0.05, 0) is 6.92 Å². The first-order valence-corrected chi connectivity index (χ1v) is 6.55.